The highest BCUT2D eigenvalue weighted by Crippen LogP contribution is 2.14. The van der Waals surface area contributed by atoms with Crippen LogP contribution in [0.2, 0.25) is 0 Å². The van der Waals surface area contributed by atoms with E-state index in [-0.39, 0.29) is 4.90 Å². The highest BCUT2D eigenvalue weighted by molar-refractivity contribution is 7.89. The van der Waals surface area contributed by atoms with E-state index in [1.165, 1.54) is 10.5 Å². The number of aromatic nitrogens is 2. The topological polar surface area (TPSA) is 67.2 Å². The van der Waals surface area contributed by atoms with Gasteiger partial charge in [0.2, 0.25) is 10.0 Å². The van der Waals surface area contributed by atoms with Crippen LogP contribution in [0.4, 0.5) is 0 Å². The summed E-state index contributed by atoms with van der Waals surface area (Å²) >= 11 is 0. The number of sulfonamides is 1. The molecule has 0 radical (unpaired) electrons. The van der Waals surface area contributed by atoms with Gasteiger partial charge in [0.25, 0.3) is 0 Å². The van der Waals surface area contributed by atoms with Crippen molar-refractivity contribution >= 4 is 10.0 Å². The monoisotopic (exact) mass is 288 g/mol. The van der Waals surface area contributed by atoms with E-state index < -0.39 is 10.0 Å². The second kappa shape index (κ2) is 7.62. The van der Waals surface area contributed by atoms with Gasteiger partial charge < -0.3 is 5.32 Å². The van der Waals surface area contributed by atoms with Crippen molar-refractivity contribution in [3.8, 4) is 0 Å². The van der Waals surface area contributed by atoms with Gasteiger partial charge in [-0.1, -0.05) is 20.8 Å². The minimum Gasteiger partial charge on any atom is -0.315 e. The molecule has 0 aromatic carbocycles. The average molecular weight is 288 g/mol. The van der Waals surface area contributed by atoms with Gasteiger partial charge in [0.1, 0.15) is 4.90 Å². The summed E-state index contributed by atoms with van der Waals surface area (Å²) in [5.41, 5.74) is 0. The van der Waals surface area contributed by atoms with Crippen LogP contribution in [0.5, 0.6) is 0 Å². The zero-order chi connectivity index (χ0) is 14.3. The standard InChI is InChI=1S/C12H24N4O2S/c1-4-8-16(6-3)19(17,18)12-10-14-15(11-12)9-7-13-5-2/h10-11,13H,4-9H2,1-3H3. The minimum atomic E-state index is -3.39. The van der Waals surface area contributed by atoms with Crippen LogP contribution in [0.1, 0.15) is 27.2 Å². The molecule has 110 valence electrons. The second-order valence-corrected chi connectivity index (χ2v) is 6.23. The maximum atomic E-state index is 12.4. The van der Waals surface area contributed by atoms with Gasteiger partial charge in [0.15, 0.2) is 0 Å². The summed E-state index contributed by atoms with van der Waals surface area (Å²) in [6, 6.07) is 0. The van der Waals surface area contributed by atoms with Crippen LogP contribution in [0.25, 0.3) is 0 Å². The van der Waals surface area contributed by atoms with E-state index in [4.69, 9.17) is 0 Å². The fourth-order valence-corrected chi connectivity index (χ4v) is 3.31. The summed E-state index contributed by atoms with van der Waals surface area (Å²) in [7, 11) is -3.39. The van der Waals surface area contributed by atoms with E-state index >= 15 is 0 Å². The van der Waals surface area contributed by atoms with Crippen molar-refractivity contribution in [1.29, 1.82) is 0 Å². The molecule has 1 rings (SSSR count). The average Bonchev–Trinajstić information content (AvgIpc) is 2.85. The molecule has 0 spiro atoms. The molecule has 0 saturated heterocycles. The van der Waals surface area contributed by atoms with E-state index in [2.05, 4.69) is 10.4 Å². The molecule has 7 heteroatoms. The Hall–Kier alpha value is -0.920. The zero-order valence-corrected chi connectivity index (χ0v) is 12.8. The summed E-state index contributed by atoms with van der Waals surface area (Å²) in [5, 5.41) is 7.28. The Morgan fingerprint density at radius 1 is 1.37 bits per heavy atom. The molecule has 1 aromatic rings. The molecule has 0 aliphatic carbocycles. The van der Waals surface area contributed by atoms with Crippen molar-refractivity contribution in [2.75, 3.05) is 26.2 Å². The lowest BCUT2D eigenvalue weighted by Gasteiger charge is -2.18. The lowest BCUT2D eigenvalue weighted by atomic mass is 10.5. The predicted molar refractivity (Wildman–Crippen MR) is 75.5 cm³/mol. The first-order valence-electron chi connectivity index (χ1n) is 6.79. The number of nitrogens with one attached hydrogen (secondary N) is 1. The van der Waals surface area contributed by atoms with E-state index in [1.54, 1.807) is 10.9 Å². The third-order valence-corrected chi connectivity index (χ3v) is 4.77. The molecule has 0 aliphatic heterocycles. The second-order valence-electron chi connectivity index (χ2n) is 4.29. The summed E-state index contributed by atoms with van der Waals surface area (Å²) in [4.78, 5) is 0.277. The van der Waals surface area contributed by atoms with Crippen LogP contribution in [0.15, 0.2) is 17.3 Å². The Kier molecular flexibility index (Phi) is 6.47. The van der Waals surface area contributed by atoms with E-state index in [0.29, 0.717) is 19.6 Å². The van der Waals surface area contributed by atoms with Gasteiger partial charge in [-0.05, 0) is 13.0 Å². The Bertz CT molecular complexity index is 470. The number of rotatable bonds is 9. The smallest absolute Gasteiger partial charge is 0.246 e. The Labute approximate surface area is 115 Å². The Balaban J connectivity index is 2.78. The largest absolute Gasteiger partial charge is 0.315 e. The van der Waals surface area contributed by atoms with Gasteiger partial charge in [-0.25, -0.2) is 8.42 Å². The van der Waals surface area contributed by atoms with Crippen molar-refractivity contribution in [2.45, 2.75) is 38.6 Å². The molecular weight excluding hydrogens is 264 g/mol. The molecule has 1 aromatic heterocycles. The Morgan fingerprint density at radius 3 is 2.68 bits per heavy atom. The van der Waals surface area contributed by atoms with Gasteiger partial charge >= 0.3 is 0 Å². The predicted octanol–water partition coefficient (Wildman–Crippen LogP) is 0.913. The molecule has 0 fully saturated rings. The zero-order valence-electron chi connectivity index (χ0n) is 12.0. The summed E-state index contributed by atoms with van der Waals surface area (Å²) in [5.74, 6) is 0. The molecule has 0 bridgehead atoms. The lowest BCUT2D eigenvalue weighted by Crippen LogP contribution is -2.31. The molecule has 1 N–H and O–H groups in total. The summed E-state index contributed by atoms with van der Waals surface area (Å²) < 4.78 is 27.9. The van der Waals surface area contributed by atoms with Gasteiger partial charge in [-0.2, -0.15) is 9.40 Å². The van der Waals surface area contributed by atoms with Crippen molar-refractivity contribution in [3.63, 3.8) is 0 Å². The molecule has 0 aliphatic rings. The molecule has 6 nitrogen and oxygen atoms in total. The lowest BCUT2D eigenvalue weighted by molar-refractivity contribution is 0.427. The first-order chi connectivity index (χ1) is 9.06. The van der Waals surface area contributed by atoms with Crippen LogP contribution in [0.3, 0.4) is 0 Å². The fraction of sp³-hybridized carbons (Fsp3) is 0.750. The van der Waals surface area contributed by atoms with Crippen LogP contribution in [-0.4, -0.2) is 48.7 Å². The minimum absolute atomic E-state index is 0.277. The van der Waals surface area contributed by atoms with Crippen molar-refractivity contribution in [1.82, 2.24) is 19.4 Å². The summed E-state index contributed by atoms with van der Waals surface area (Å²) in [6.07, 6.45) is 3.84. The maximum absolute atomic E-state index is 12.4. The fourth-order valence-electron chi connectivity index (χ4n) is 1.82. The van der Waals surface area contributed by atoms with Gasteiger partial charge in [-0.3, -0.25) is 4.68 Å². The Morgan fingerprint density at radius 2 is 2.11 bits per heavy atom. The summed E-state index contributed by atoms with van der Waals surface area (Å²) in [6.45, 7) is 9.23. The number of likely N-dealkylation sites (N-methyl/N-ethyl adjacent to an activating group) is 1. The molecule has 0 unspecified atom stereocenters. The van der Waals surface area contributed by atoms with Crippen molar-refractivity contribution in [3.05, 3.63) is 12.4 Å². The first-order valence-corrected chi connectivity index (χ1v) is 8.23. The first kappa shape index (κ1) is 16.1. The highest BCUT2D eigenvalue weighted by Gasteiger charge is 2.23. The van der Waals surface area contributed by atoms with Crippen molar-refractivity contribution in [2.24, 2.45) is 0 Å². The van der Waals surface area contributed by atoms with Crippen molar-refractivity contribution < 1.29 is 8.42 Å². The van der Waals surface area contributed by atoms with E-state index in [9.17, 15) is 8.42 Å². The van der Waals surface area contributed by atoms with Crippen LogP contribution in [-0.2, 0) is 16.6 Å². The molecular formula is C12H24N4O2S. The van der Waals surface area contributed by atoms with Crippen LogP contribution in [0, 0.1) is 0 Å². The normalized spacial score (nSPS) is 12.2. The molecule has 0 saturated carbocycles. The third kappa shape index (κ3) is 4.29. The number of nitrogens with zero attached hydrogens (tertiary/aromatic N) is 3. The van der Waals surface area contributed by atoms with Gasteiger partial charge in [0, 0.05) is 25.8 Å². The highest BCUT2D eigenvalue weighted by atomic mass is 32.2. The maximum Gasteiger partial charge on any atom is 0.246 e. The third-order valence-electron chi connectivity index (χ3n) is 2.84. The van der Waals surface area contributed by atoms with E-state index in [0.717, 1.165) is 19.5 Å². The van der Waals surface area contributed by atoms with Crippen LogP contribution < -0.4 is 5.32 Å². The van der Waals surface area contributed by atoms with E-state index in [1.807, 2.05) is 20.8 Å². The molecule has 0 atom stereocenters. The number of hydrogen-bond acceptors (Lipinski definition) is 4. The SMILES string of the molecule is CCCN(CC)S(=O)(=O)c1cnn(CCNCC)c1. The van der Waals surface area contributed by atoms with Gasteiger partial charge in [-0.15, -0.1) is 0 Å². The molecule has 19 heavy (non-hydrogen) atoms. The van der Waals surface area contributed by atoms with Crippen LogP contribution >= 0.6 is 0 Å². The number of hydrogen-bond donors (Lipinski definition) is 1. The molecule has 1 heterocycles. The quantitative estimate of drug-likeness (QED) is 0.686. The van der Waals surface area contributed by atoms with Gasteiger partial charge in [0.05, 0.1) is 12.7 Å². The molecule has 0 amide bonds.